The molecular formula is C26H29N5O2S. The van der Waals surface area contributed by atoms with Crippen LogP contribution in [0.3, 0.4) is 0 Å². The lowest BCUT2D eigenvalue weighted by Crippen LogP contribution is -2.28. The predicted molar refractivity (Wildman–Crippen MR) is 136 cm³/mol. The van der Waals surface area contributed by atoms with Crippen molar-refractivity contribution in [2.75, 3.05) is 11.6 Å². The van der Waals surface area contributed by atoms with Crippen molar-refractivity contribution in [3.8, 4) is 5.75 Å². The lowest BCUT2D eigenvalue weighted by Gasteiger charge is -2.16. The molecule has 0 aliphatic carbocycles. The molecule has 1 unspecified atom stereocenters. The number of aromatic nitrogens is 3. The molecule has 0 bridgehead atoms. The van der Waals surface area contributed by atoms with Crippen LogP contribution in [0, 0.1) is 0 Å². The van der Waals surface area contributed by atoms with Crippen molar-refractivity contribution in [1.29, 1.82) is 0 Å². The zero-order valence-corrected chi connectivity index (χ0v) is 20.4. The van der Waals surface area contributed by atoms with Gasteiger partial charge in [-0.05, 0) is 46.9 Å². The molecule has 0 radical (unpaired) electrons. The molecule has 7 nitrogen and oxygen atoms in total. The molecular weight excluding hydrogens is 446 g/mol. The van der Waals surface area contributed by atoms with Gasteiger partial charge in [0.15, 0.2) is 5.82 Å². The summed E-state index contributed by atoms with van der Waals surface area (Å²) in [5.41, 5.74) is 2.33. The van der Waals surface area contributed by atoms with Crippen molar-refractivity contribution in [3.63, 3.8) is 0 Å². The molecule has 4 rings (SSSR count). The Hall–Kier alpha value is -3.52. The van der Waals surface area contributed by atoms with E-state index in [2.05, 4.69) is 47.6 Å². The van der Waals surface area contributed by atoms with Crippen molar-refractivity contribution < 1.29 is 9.53 Å². The van der Waals surface area contributed by atoms with E-state index in [1.165, 1.54) is 22.0 Å². The summed E-state index contributed by atoms with van der Waals surface area (Å²) in [6.07, 6.45) is 0. The SMILES string of the molecule is CC(C)c1ccc(OCc2nnc(SCC(=O)NC(C)c3cccc4ccccc34)n2N)cc1. The van der Waals surface area contributed by atoms with E-state index >= 15 is 0 Å². The van der Waals surface area contributed by atoms with Crippen molar-refractivity contribution in [3.05, 3.63) is 83.7 Å². The number of benzene rings is 3. The number of fused-ring (bicyclic) bond motifs is 1. The predicted octanol–water partition coefficient (Wildman–Crippen LogP) is 4.82. The van der Waals surface area contributed by atoms with Gasteiger partial charge in [-0.15, -0.1) is 10.2 Å². The molecule has 0 saturated heterocycles. The van der Waals surface area contributed by atoms with E-state index in [1.807, 2.05) is 55.5 Å². The third-order valence-electron chi connectivity index (χ3n) is 5.65. The number of nitrogens with two attached hydrogens (primary N) is 1. The molecule has 0 spiro atoms. The van der Waals surface area contributed by atoms with Crippen LogP contribution in [0.2, 0.25) is 0 Å². The molecule has 4 aromatic rings. The Labute approximate surface area is 203 Å². The van der Waals surface area contributed by atoms with Gasteiger partial charge in [0.2, 0.25) is 11.1 Å². The summed E-state index contributed by atoms with van der Waals surface area (Å²) in [7, 11) is 0. The number of hydrogen-bond acceptors (Lipinski definition) is 6. The van der Waals surface area contributed by atoms with Crippen LogP contribution >= 0.6 is 11.8 Å². The summed E-state index contributed by atoms with van der Waals surface area (Å²) in [6.45, 7) is 6.47. The number of ether oxygens (including phenoxy) is 1. The van der Waals surface area contributed by atoms with Crippen LogP contribution in [0.5, 0.6) is 5.75 Å². The highest BCUT2D eigenvalue weighted by Gasteiger charge is 2.16. The van der Waals surface area contributed by atoms with Gasteiger partial charge < -0.3 is 15.9 Å². The van der Waals surface area contributed by atoms with Crippen molar-refractivity contribution in [2.24, 2.45) is 0 Å². The Bertz CT molecular complexity index is 1260. The van der Waals surface area contributed by atoms with Gasteiger partial charge in [-0.3, -0.25) is 4.79 Å². The second kappa shape index (κ2) is 10.6. The molecule has 0 fully saturated rings. The Morgan fingerprint density at radius 1 is 1.03 bits per heavy atom. The van der Waals surface area contributed by atoms with Gasteiger partial charge in [0.25, 0.3) is 0 Å². The normalized spacial score (nSPS) is 12.1. The number of rotatable bonds is 9. The van der Waals surface area contributed by atoms with Gasteiger partial charge in [-0.2, -0.15) is 0 Å². The molecule has 176 valence electrons. The summed E-state index contributed by atoms with van der Waals surface area (Å²) in [5, 5.41) is 14.0. The van der Waals surface area contributed by atoms with Crippen LogP contribution in [-0.2, 0) is 11.4 Å². The summed E-state index contributed by atoms with van der Waals surface area (Å²) in [4.78, 5) is 12.6. The van der Waals surface area contributed by atoms with Crippen LogP contribution in [0.4, 0.5) is 0 Å². The summed E-state index contributed by atoms with van der Waals surface area (Å²) < 4.78 is 7.16. The standard InChI is InChI=1S/C26H29N5O2S/c1-17(2)19-11-13-21(14-12-19)33-15-24-29-30-26(31(24)27)34-16-25(32)28-18(3)22-10-6-8-20-7-4-5-9-23(20)22/h4-14,17-18H,15-16,27H2,1-3H3,(H,28,32). The van der Waals surface area contributed by atoms with Gasteiger partial charge >= 0.3 is 0 Å². The number of amides is 1. The first-order valence-corrected chi connectivity index (χ1v) is 12.2. The first kappa shape index (κ1) is 23.6. The fourth-order valence-electron chi connectivity index (χ4n) is 3.72. The Balaban J connectivity index is 1.31. The Morgan fingerprint density at radius 2 is 1.76 bits per heavy atom. The molecule has 0 saturated carbocycles. The second-order valence-corrected chi connectivity index (χ2v) is 9.37. The monoisotopic (exact) mass is 475 g/mol. The van der Waals surface area contributed by atoms with Gasteiger partial charge in [-0.25, -0.2) is 4.68 Å². The molecule has 0 aliphatic rings. The largest absolute Gasteiger partial charge is 0.486 e. The summed E-state index contributed by atoms with van der Waals surface area (Å²) in [6, 6.07) is 22.1. The fourth-order valence-corrected chi connectivity index (χ4v) is 4.41. The van der Waals surface area contributed by atoms with Gasteiger partial charge in [0.1, 0.15) is 12.4 Å². The average molecular weight is 476 g/mol. The molecule has 8 heteroatoms. The maximum Gasteiger partial charge on any atom is 0.230 e. The van der Waals surface area contributed by atoms with E-state index in [1.54, 1.807) is 0 Å². The average Bonchev–Trinajstić information content (AvgIpc) is 3.20. The first-order valence-electron chi connectivity index (χ1n) is 11.2. The number of carbonyl (C=O) groups is 1. The Morgan fingerprint density at radius 3 is 2.53 bits per heavy atom. The highest BCUT2D eigenvalue weighted by atomic mass is 32.2. The lowest BCUT2D eigenvalue weighted by atomic mass is 10.00. The van der Waals surface area contributed by atoms with Crippen LogP contribution in [0.15, 0.2) is 71.9 Å². The molecule has 3 N–H and O–H groups in total. The number of nitrogens with zero attached hydrogens (tertiary/aromatic N) is 3. The minimum atomic E-state index is -0.124. The number of hydrogen-bond donors (Lipinski definition) is 2. The third-order valence-corrected chi connectivity index (χ3v) is 6.59. The van der Waals surface area contributed by atoms with E-state index < -0.39 is 0 Å². The van der Waals surface area contributed by atoms with Gasteiger partial charge in [-0.1, -0.05) is 80.2 Å². The summed E-state index contributed by atoms with van der Waals surface area (Å²) >= 11 is 1.24. The van der Waals surface area contributed by atoms with Gasteiger partial charge in [0.05, 0.1) is 11.8 Å². The molecule has 1 aromatic heterocycles. The van der Waals surface area contributed by atoms with Crippen molar-refractivity contribution >= 4 is 28.4 Å². The van der Waals surface area contributed by atoms with Crippen LogP contribution < -0.4 is 15.9 Å². The smallest absolute Gasteiger partial charge is 0.230 e. The van der Waals surface area contributed by atoms with E-state index in [4.69, 9.17) is 10.6 Å². The van der Waals surface area contributed by atoms with E-state index in [0.29, 0.717) is 16.9 Å². The summed E-state index contributed by atoms with van der Waals surface area (Å²) in [5.74, 6) is 7.90. The molecule has 3 aromatic carbocycles. The topological polar surface area (TPSA) is 95.1 Å². The first-order chi connectivity index (χ1) is 16.4. The Kier molecular flexibility index (Phi) is 7.37. The van der Waals surface area contributed by atoms with Crippen LogP contribution in [0.25, 0.3) is 10.8 Å². The second-order valence-electron chi connectivity index (χ2n) is 8.43. The molecule has 34 heavy (non-hydrogen) atoms. The molecule has 1 heterocycles. The zero-order valence-electron chi connectivity index (χ0n) is 19.6. The highest BCUT2D eigenvalue weighted by Crippen LogP contribution is 2.24. The zero-order chi connectivity index (χ0) is 24.1. The minimum Gasteiger partial charge on any atom is -0.486 e. The van der Waals surface area contributed by atoms with Crippen LogP contribution in [0.1, 0.15) is 49.7 Å². The maximum atomic E-state index is 12.6. The van der Waals surface area contributed by atoms with Crippen LogP contribution in [-0.4, -0.2) is 26.5 Å². The molecule has 1 atom stereocenters. The fraction of sp³-hybridized carbons (Fsp3) is 0.269. The number of thioether (sulfide) groups is 1. The quantitative estimate of drug-likeness (QED) is 0.266. The van der Waals surface area contributed by atoms with Crippen molar-refractivity contribution in [2.45, 2.75) is 44.5 Å². The van der Waals surface area contributed by atoms with Gasteiger partial charge in [0, 0.05) is 0 Å². The van der Waals surface area contributed by atoms with E-state index in [9.17, 15) is 4.79 Å². The molecule has 0 aliphatic heterocycles. The maximum absolute atomic E-state index is 12.6. The number of nitrogen functional groups attached to an aromatic ring is 1. The highest BCUT2D eigenvalue weighted by molar-refractivity contribution is 7.99. The van der Waals surface area contributed by atoms with E-state index in [0.717, 1.165) is 22.1 Å². The van der Waals surface area contributed by atoms with E-state index in [-0.39, 0.29) is 24.3 Å². The third kappa shape index (κ3) is 5.51. The minimum absolute atomic E-state index is 0.100. The lowest BCUT2D eigenvalue weighted by molar-refractivity contribution is -0.119. The number of nitrogens with one attached hydrogen (secondary N) is 1. The molecule has 1 amide bonds. The number of carbonyl (C=O) groups excluding carboxylic acids is 1. The van der Waals surface area contributed by atoms with Crippen molar-refractivity contribution in [1.82, 2.24) is 20.2 Å².